The van der Waals surface area contributed by atoms with E-state index in [1.54, 1.807) is 24.3 Å². The minimum absolute atomic E-state index is 0.00881. The van der Waals surface area contributed by atoms with Gasteiger partial charge >= 0.3 is 0 Å². The first-order valence-corrected chi connectivity index (χ1v) is 8.71. The number of hydrogen-bond acceptors (Lipinski definition) is 6. The van der Waals surface area contributed by atoms with E-state index in [2.05, 4.69) is 20.6 Å². The summed E-state index contributed by atoms with van der Waals surface area (Å²) in [4.78, 5) is 34.0. The summed E-state index contributed by atoms with van der Waals surface area (Å²) in [6.07, 6.45) is 2.92. The van der Waals surface area contributed by atoms with Crippen LogP contribution in [-0.4, -0.2) is 35.8 Å². The predicted octanol–water partition coefficient (Wildman–Crippen LogP) is 3.74. The summed E-state index contributed by atoms with van der Waals surface area (Å²) in [6, 6.07) is 14.6. The molecule has 28 heavy (non-hydrogen) atoms. The third kappa shape index (κ3) is 4.70. The zero-order valence-corrected chi connectivity index (χ0v) is 15.9. The molecular weight excluding hydrogens is 354 g/mol. The minimum atomic E-state index is -0.282. The number of hydrogen-bond donors (Lipinski definition) is 2. The number of amides is 1. The van der Waals surface area contributed by atoms with Gasteiger partial charge in [-0.15, -0.1) is 0 Å². The van der Waals surface area contributed by atoms with Crippen molar-refractivity contribution in [2.24, 2.45) is 0 Å². The van der Waals surface area contributed by atoms with Crippen LogP contribution in [0, 0.1) is 0 Å². The molecule has 0 spiro atoms. The lowest BCUT2D eigenvalue weighted by molar-refractivity contribution is 0.101. The standard InChI is InChI=1S/C21H21N5O2/c1-14(27)15-4-6-18(7-5-15)25-21-22-12-16(13-23-21)20(28)24-17-8-10-19(11-9-17)26(2)3/h4-13H,1-3H3,(H,24,28)(H,22,23,25). The van der Waals surface area contributed by atoms with Crippen molar-refractivity contribution in [1.82, 2.24) is 9.97 Å². The average molecular weight is 375 g/mol. The summed E-state index contributed by atoms with van der Waals surface area (Å²) in [5, 5.41) is 5.85. The zero-order chi connectivity index (χ0) is 20.1. The molecule has 3 rings (SSSR count). The van der Waals surface area contributed by atoms with Gasteiger partial charge in [0.05, 0.1) is 5.56 Å². The number of nitrogens with one attached hydrogen (secondary N) is 2. The number of anilines is 4. The number of benzene rings is 2. The second-order valence-corrected chi connectivity index (χ2v) is 6.45. The summed E-state index contributed by atoms with van der Waals surface area (Å²) >= 11 is 0. The highest BCUT2D eigenvalue weighted by molar-refractivity contribution is 6.04. The van der Waals surface area contributed by atoms with E-state index in [9.17, 15) is 9.59 Å². The highest BCUT2D eigenvalue weighted by Crippen LogP contribution is 2.17. The van der Waals surface area contributed by atoms with Crippen molar-refractivity contribution in [3.8, 4) is 0 Å². The Bertz CT molecular complexity index is 965. The molecule has 0 atom stereocenters. The van der Waals surface area contributed by atoms with Crippen molar-refractivity contribution in [3.63, 3.8) is 0 Å². The first-order valence-electron chi connectivity index (χ1n) is 8.71. The first kappa shape index (κ1) is 19.0. The van der Waals surface area contributed by atoms with E-state index >= 15 is 0 Å². The summed E-state index contributed by atoms with van der Waals surface area (Å²) in [7, 11) is 3.91. The van der Waals surface area contributed by atoms with Crippen LogP contribution in [0.3, 0.4) is 0 Å². The maximum Gasteiger partial charge on any atom is 0.258 e. The fourth-order valence-corrected chi connectivity index (χ4v) is 2.47. The van der Waals surface area contributed by atoms with Gasteiger partial charge in [-0.2, -0.15) is 0 Å². The Kier molecular flexibility index (Phi) is 5.64. The Morgan fingerprint density at radius 1 is 0.821 bits per heavy atom. The molecule has 0 saturated heterocycles. The van der Waals surface area contributed by atoms with Crippen molar-refractivity contribution in [1.29, 1.82) is 0 Å². The number of nitrogens with zero attached hydrogens (tertiary/aromatic N) is 3. The number of aromatic nitrogens is 2. The first-order chi connectivity index (χ1) is 13.4. The minimum Gasteiger partial charge on any atom is -0.378 e. The molecule has 0 saturated carbocycles. The SMILES string of the molecule is CC(=O)c1ccc(Nc2ncc(C(=O)Nc3ccc(N(C)C)cc3)cn2)cc1. The lowest BCUT2D eigenvalue weighted by Crippen LogP contribution is -2.13. The second-order valence-electron chi connectivity index (χ2n) is 6.45. The van der Waals surface area contributed by atoms with Crippen LogP contribution in [-0.2, 0) is 0 Å². The number of carbonyl (C=O) groups is 2. The van der Waals surface area contributed by atoms with Gasteiger partial charge in [0.25, 0.3) is 5.91 Å². The molecule has 142 valence electrons. The molecule has 2 aromatic carbocycles. The molecule has 0 aliphatic rings. The summed E-state index contributed by atoms with van der Waals surface area (Å²) in [5.74, 6) is 0.0898. The lowest BCUT2D eigenvalue weighted by atomic mass is 10.1. The van der Waals surface area contributed by atoms with Gasteiger partial charge in [-0.05, 0) is 55.5 Å². The van der Waals surface area contributed by atoms with Crippen LogP contribution in [0.2, 0.25) is 0 Å². The normalized spacial score (nSPS) is 10.2. The largest absolute Gasteiger partial charge is 0.378 e. The van der Waals surface area contributed by atoms with E-state index in [0.29, 0.717) is 22.8 Å². The van der Waals surface area contributed by atoms with Gasteiger partial charge in [0, 0.05) is 49.1 Å². The zero-order valence-electron chi connectivity index (χ0n) is 15.9. The molecule has 7 nitrogen and oxygen atoms in total. The van der Waals surface area contributed by atoms with Crippen LogP contribution < -0.4 is 15.5 Å². The maximum absolute atomic E-state index is 12.3. The van der Waals surface area contributed by atoms with E-state index in [-0.39, 0.29) is 11.7 Å². The molecular formula is C21H21N5O2. The molecule has 3 aromatic rings. The van der Waals surface area contributed by atoms with E-state index < -0.39 is 0 Å². The van der Waals surface area contributed by atoms with E-state index in [1.807, 2.05) is 43.3 Å². The smallest absolute Gasteiger partial charge is 0.258 e. The topological polar surface area (TPSA) is 87.2 Å². The van der Waals surface area contributed by atoms with Crippen molar-refractivity contribution in [3.05, 3.63) is 72.1 Å². The van der Waals surface area contributed by atoms with Crippen LogP contribution >= 0.6 is 0 Å². The quantitative estimate of drug-likeness (QED) is 0.638. The lowest BCUT2D eigenvalue weighted by Gasteiger charge is -2.13. The Labute approximate surface area is 163 Å². The predicted molar refractivity (Wildman–Crippen MR) is 110 cm³/mol. The van der Waals surface area contributed by atoms with Crippen molar-refractivity contribution >= 4 is 34.7 Å². The fraction of sp³-hybridized carbons (Fsp3) is 0.143. The van der Waals surface area contributed by atoms with Gasteiger partial charge in [0.15, 0.2) is 5.78 Å². The Morgan fingerprint density at radius 3 is 1.93 bits per heavy atom. The third-order valence-corrected chi connectivity index (χ3v) is 4.10. The number of carbonyl (C=O) groups excluding carboxylic acids is 2. The molecule has 0 aliphatic carbocycles. The number of Topliss-reactive ketones (excluding diaryl/α,β-unsaturated/α-hetero) is 1. The molecule has 0 radical (unpaired) electrons. The van der Waals surface area contributed by atoms with Crippen LogP contribution in [0.1, 0.15) is 27.6 Å². The molecule has 0 unspecified atom stereocenters. The van der Waals surface area contributed by atoms with Crippen LogP contribution in [0.25, 0.3) is 0 Å². The fourth-order valence-electron chi connectivity index (χ4n) is 2.47. The van der Waals surface area contributed by atoms with Gasteiger partial charge in [-0.1, -0.05) is 0 Å². The number of rotatable bonds is 6. The van der Waals surface area contributed by atoms with Gasteiger partial charge in [-0.25, -0.2) is 9.97 Å². The van der Waals surface area contributed by atoms with Gasteiger partial charge in [-0.3, -0.25) is 9.59 Å². The monoisotopic (exact) mass is 375 g/mol. The summed E-state index contributed by atoms with van der Waals surface area (Å²) in [5.41, 5.74) is 3.49. The third-order valence-electron chi connectivity index (χ3n) is 4.10. The van der Waals surface area contributed by atoms with E-state index in [1.165, 1.54) is 19.3 Å². The summed E-state index contributed by atoms with van der Waals surface area (Å²) < 4.78 is 0. The second kappa shape index (κ2) is 8.30. The van der Waals surface area contributed by atoms with Gasteiger partial charge < -0.3 is 15.5 Å². The molecule has 0 bridgehead atoms. The van der Waals surface area contributed by atoms with Crippen molar-refractivity contribution in [2.45, 2.75) is 6.92 Å². The van der Waals surface area contributed by atoms with Crippen molar-refractivity contribution < 1.29 is 9.59 Å². The maximum atomic E-state index is 12.3. The van der Waals surface area contributed by atoms with E-state index in [4.69, 9.17) is 0 Å². The highest BCUT2D eigenvalue weighted by atomic mass is 16.1. The highest BCUT2D eigenvalue weighted by Gasteiger charge is 2.08. The summed E-state index contributed by atoms with van der Waals surface area (Å²) in [6.45, 7) is 1.52. The molecule has 1 aromatic heterocycles. The molecule has 0 aliphatic heterocycles. The van der Waals surface area contributed by atoms with E-state index in [0.717, 1.165) is 11.4 Å². The Morgan fingerprint density at radius 2 is 1.39 bits per heavy atom. The van der Waals surface area contributed by atoms with Crippen LogP contribution in [0.5, 0.6) is 0 Å². The van der Waals surface area contributed by atoms with Gasteiger partial charge in [0.1, 0.15) is 0 Å². The van der Waals surface area contributed by atoms with Crippen LogP contribution in [0.15, 0.2) is 60.9 Å². The molecule has 2 N–H and O–H groups in total. The number of ketones is 1. The van der Waals surface area contributed by atoms with Gasteiger partial charge in [0.2, 0.25) is 5.95 Å². The van der Waals surface area contributed by atoms with Crippen LogP contribution in [0.4, 0.5) is 23.0 Å². The molecule has 0 fully saturated rings. The average Bonchev–Trinajstić information content (AvgIpc) is 2.69. The Hall–Kier alpha value is -3.74. The van der Waals surface area contributed by atoms with Crippen molar-refractivity contribution in [2.75, 3.05) is 29.6 Å². The molecule has 7 heteroatoms. The molecule has 1 heterocycles. The Balaban J connectivity index is 1.63. The molecule has 1 amide bonds.